The first-order valence-electron chi connectivity index (χ1n) is 7.79. The Labute approximate surface area is 117 Å². The highest BCUT2D eigenvalue weighted by Crippen LogP contribution is 2.19. The van der Waals surface area contributed by atoms with Crippen molar-refractivity contribution in [3.8, 4) is 0 Å². The lowest BCUT2D eigenvalue weighted by Crippen LogP contribution is -2.51. The Morgan fingerprint density at radius 1 is 1.21 bits per heavy atom. The van der Waals surface area contributed by atoms with Crippen molar-refractivity contribution in [2.75, 3.05) is 45.8 Å². The minimum Gasteiger partial charge on any atom is -0.340 e. The first-order valence-corrected chi connectivity index (χ1v) is 7.79. The molecule has 0 aromatic heterocycles. The van der Waals surface area contributed by atoms with Crippen molar-refractivity contribution in [1.82, 2.24) is 15.1 Å². The highest BCUT2D eigenvalue weighted by molar-refractivity contribution is 5.79. The molecule has 0 spiro atoms. The summed E-state index contributed by atoms with van der Waals surface area (Å²) >= 11 is 0. The van der Waals surface area contributed by atoms with Crippen molar-refractivity contribution in [3.63, 3.8) is 0 Å². The molecule has 2 rings (SSSR count). The van der Waals surface area contributed by atoms with Gasteiger partial charge in [0.1, 0.15) is 0 Å². The summed E-state index contributed by atoms with van der Waals surface area (Å²) in [6.07, 6.45) is 1.26. The highest BCUT2D eigenvalue weighted by atomic mass is 16.2. The van der Waals surface area contributed by atoms with Crippen molar-refractivity contribution >= 4 is 5.91 Å². The van der Waals surface area contributed by atoms with E-state index < -0.39 is 0 Å². The summed E-state index contributed by atoms with van der Waals surface area (Å²) in [6.45, 7) is 13.7. The minimum absolute atomic E-state index is 0.210. The number of hydrogen-bond donors (Lipinski definition) is 1. The molecule has 0 aliphatic carbocycles. The second kappa shape index (κ2) is 6.71. The molecule has 2 fully saturated rings. The lowest BCUT2D eigenvalue weighted by molar-refractivity contribution is -0.137. The van der Waals surface area contributed by atoms with E-state index in [1.807, 2.05) is 0 Å². The van der Waals surface area contributed by atoms with E-state index in [1.165, 1.54) is 13.0 Å². The number of rotatable bonds is 4. The molecule has 2 saturated heterocycles. The molecule has 4 heteroatoms. The molecule has 0 bridgehead atoms. The summed E-state index contributed by atoms with van der Waals surface area (Å²) in [6, 6.07) is 0. The van der Waals surface area contributed by atoms with Gasteiger partial charge in [-0.05, 0) is 31.3 Å². The third-order valence-corrected chi connectivity index (χ3v) is 4.54. The molecule has 0 aromatic rings. The van der Waals surface area contributed by atoms with Gasteiger partial charge in [0, 0.05) is 32.7 Å². The molecule has 1 N–H and O–H groups in total. The van der Waals surface area contributed by atoms with Crippen LogP contribution in [0.25, 0.3) is 0 Å². The zero-order valence-corrected chi connectivity index (χ0v) is 12.7. The monoisotopic (exact) mass is 267 g/mol. The lowest BCUT2D eigenvalue weighted by atomic mass is 9.96. The molecule has 2 unspecified atom stereocenters. The molecule has 2 aliphatic rings. The predicted molar refractivity (Wildman–Crippen MR) is 78.0 cm³/mol. The lowest BCUT2D eigenvalue weighted by Gasteiger charge is -2.36. The SMILES string of the molecule is CC(C)CCN1CCN(C(=O)C2CNCC2C)CC1. The Hall–Kier alpha value is -0.610. The van der Waals surface area contributed by atoms with Crippen LogP contribution in [0.3, 0.4) is 0 Å². The molecule has 0 radical (unpaired) electrons. The van der Waals surface area contributed by atoms with E-state index in [2.05, 4.69) is 35.9 Å². The van der Waals surface area contributed by atoms with Crippen molar-refractivity contribution < 1.29 is 4.79 Å². The van der Waals surface area contributed by atoms with Crippen LogP contribution in [0.1, 0.15) is 27.2 Å². The van der Waals surface area contributed by atoms with Gasteiger partial charge < -0.3 is 10.2 Å². The van der Waals surface area contributed by atoms with E-state index >= 15 is 0 Å². The average Bonchev–Trinajstić information content (AvgIpc) is 2.82. The molecule has 0 saturated carbocycles. The Balaban J connectivity index is 1.75. The summed E-state index contributed by atoms with van der Waals surface area (Å²) < 4.78 is 0. The maximum atomic E-state index is 12.5. The maximum Gasteiger partial charge on any atom is 0.227 e. The largest absolute Gasteiger partial charge is 0.340 e. The molecule has 4 nitrogen and oxygen atoms in total. The Morgan fingerprint density at radius 3 is 2.42 bits per heavy atom. The third kappa shape index (κ3) is 3.93. The molecule has 1 amide bonds. The topological polar surface area (TPSA) is 35.6 Å². The molecular formula is C15H29N3O. The molecule has 110 valence electrons. The van der Waals surface area contributed by atoms with E-state index in [0.29, 0.717) is 11.8 Å². The van der Waals surface area contributed by atoms with Crippen LogP contribution in [0.5, 0.6) is 0 Å². The fraction of sp³-hybridized carbons (Fsp3) is 0.933. The van der Waals surface area contributed by atoms with E-state index in [-0.39, 0.29) is 5.92 Å². The molecule has 2 heterocycles. The fourth-order valence-corrected chi connectivity index (χ4v) is 3.01. The van der Waals surface area contributed by atoms with Crippen molar-refractivity contribution in [2.24, 2.45) is 17.8 Å². The summed E-state index contributed by atoms with van der Waals surface area (Å²) in [5.41, 5.74) is 0. The standard InChI is InChI=1S/C15H29N3O/c1-12(2)4-5-17-6-8-18(9-7-17)15(19)14-11-16-10-13(14)3/h12-14,16H,4-11H2,1-3H3. The van der Waals surface area contributed by atoms with Gasteiger partial charge in [0.25, 0.3) is 0 Å². The zero-order valence-electron chi connectivity index (χ0n) is 12.7. The number of carbonyl (C=O) groups excluding carboxylic acids is 1. The normalized spacial score (nSPS) is 29.2. The minimum atomic E-state index is 0.210. The Kier molecular flexibility index (Phi) is 5.22. The molecular weight excluding hydrogens is 238 g/mol. The van der Waals surface area contributed by atoms with E-state index in [1.54, 1.807) is 0 Å². The second-order valence-electron chi connectivity index (χ2n) is 6.59. The average molecular weight is 267 g/mol. The van der Waals surface area contributed by atoms with Gasteiger partial charge in [-0.1, -0.05) is 20.8 Å². The first kappa shape index (κ1) is 14.8. The molecule has 19 heavy (non-hydrogen) atoms. The van der Waals surface area contributed by atoms with Gasteiger partial charge in [-0.25, -0.2) is 0 Å². The summed E-state index contributed by atoms with van der Waals surface area (Å²) in [7, 11) is 0. The number of carbonyl (C=O) groups is 1. The first-order chi connectivity index (χ1) is 9.08. The third-order valence-electron chi connectivity index (χ3n) is 4.54. The van der Waals surface area contributed by atoms with Crippen LogP contribution in [-0.2, 0) is 4.79 Å². The van der Waals surface area contributed by atoms with Gasteiger partial charge in [0.15, 0.2) is 0 Å². The van der Waals surface area contributed by atoms with E-state index in [4.69, 9.17) is 0 Å². The van der Waals surface area contributed by atoms with Crippen LogP contribution in [0, 0.1) is 17.8 Å². The summed E-state index contributed by atoms with van der Waals surface area (Å²) in [5.74, 6) is 1.85. The van der Waals surface area contributed by atoms with Gasteiger partial charge in [-0.15, -0.1) is 0 Å². The van der Waals surface area contributed by atoms with Gasteiger partial charge in [0.05, 0.1) is 5.92 Å². The Morgan fingerprint density at radius 2 is 1.89 bits per heavy atom. The maximum absolute atomic E-state index is 12.5. The van der Waals surface area contributed by atoms with Gasteiger partial charge in [-0.2, -0.15) is 0 Å². The van der Waals surface area contributed by atoms with Crippen molar-refractivity contribution in [3.05, 3.63) is 0 Å². The van der Waals surface area contributed by atoms with Crippen LogP contribution in [-0.4, -0.2) is 61.5 Å². The van der Waals surface area contributed by atoms with Crippen LogP contribution in [0.15, 0.2) is 0 Å². The van der Waals surface area contributed by atoms with Crippen LogP contribution in [0.2, 0.25) is 0 Å². The molecule has 2 aliphatic heterocycles. The molecule has 2 atom stereocenters. The number of nitrogens with zero attached hydrogens (tertiary/aromatic N) is 2. The fourth-order valence-electron chi connectivity index (χ4n) is 3.01. The summed E-state index contributed by atoms with van der Waals surface area (Å²) in [4.78, 5) is 17.0. The second-order valence-corrected chi connectivity index (χ2v) is 6.59. The van der Waals surface area contributed by atoms with Crippen LogP contribution in [0.4, 0.5) is 0 Å². The van der Waals surface area contributed by atoms with E-state index in [0.717, 1.165) is 45.2 Å². The van der Waals surface area contributed by atoms with Gasteiger partial charge >= 0.3 is 0 Å². The predicted octanol–water partition coefficient (Wildman–Crippen LogP) is 1.03. The zero-order chi connectivity index (χ0) is 13.8. The van der Waals surface area contributed by atoms with Crippen LogP contribution < -0.4 is 5.32 Å². The smallest absolute Gasteiger partial charge is 0.227 e. The van der Waals surface area contributed by atoms with E-state index in [9.17, 15) is 4.79 Å². The van der Waals surface area contributed by atoms with Gasteiger partial charge in [0.2, 0.25) is 5.91 Å². The van der Waals surface area contributed by atoms with Gasteiger partial charge in [-0.3, -0.25) is 9.69 Å². The quantitative estimate of drug-likeness (QED) is 0.826. The number of hydrogen-bond acceptors (Lipinski definition) is 3. The molecule has 0 aromatic carbocycles. The summed E-state index contributed by atoms with van der Waals surface area (Å²) in [5, 5.41) is 3.33. The van der Waals surface area contributed by atoms with Crippen molar-refractivity contribution in [2.45, 2.75) is 27.2 Å². The highest BCUT2D eigenvalue weighted by Gasteiger charge is 2.33. The number of nitrogens with one attached hydrogen (secondary N) is 1. The van der Waals surface area contributed by atoms with Crippen molar-refractivity contribution in [1.29, 1.82) is 0 Å². The van der Waals surface area contributed by atoms with Crippen LogP contribution >= 0.6 is 0 Å². The Bertz CT molecular complexity index is 298. The number of piperazine rings is 1. The number of amides is 1.